The summed E-state index contributed by atoms with van der Waals surface area (Å²) in [5.74, 6) is 0.766. The van der Waals surface area contributed by atoms with Gasteiger partial charge in [-0.1, -0.05) is 11.8 Å². The van der Waals surface area contributed by atoms with Gasteiger partial charge in [0, 0.05) is 30.1 Å². The van der Waals surface area contributed by atoms with Gasteiger partial charge in [-0.2, -0.15) is 4.98 Å². The van der Waals surface area contributed by atoms with E-state index in [1.165, 1.54) is 11.8 Å². The number of methoxy groups -OCH3 is 1. The highest BCUT2D eigenvalue weighted by Crippen LogP contribution is 2.28. The Morgan fingerprint density at radius 2 is 2.04 bits per heavy atom. The SMILES string of the molecule is COc1ccc(NC(=O)CSc2nc(=O)n(CCCO)c3c2CCCC3)cc1. The van der Waals surface area contributed by atoms with Crippen LogP contribution in [0, 0.1) is 0 Å². The molecule has 7 nitrogen and oxygen atoms in total. The zero-order chi connectivity index (χ0) is 19.9. The number of aliphatic hydroxyl groups excluding tert-OH is 1. The van der Waals surface area contributed by atoms with Crippen molar-refractivity contribution in [3.8, 4) is 5.75 Å². The van der Waals surface area contributed by atoms with Gasteiger partial charge in [0.05, 0.1) is 12.9 Å². The molecule has 0 spiro atoms. The largest absolute Gasteiger partial charge is 0.497 e. The highest BCUT2D eigenvalue weighted by molar-refractivity contribution is 8.00. The van der Waals surface area contributed by atoms with Crippen molar-refractivity contribution in [1.82, 2.24) is 9.55 Å². The maximum atomic E-state index is 12.5. The van der Waals surface area contributed by atoms with E-state index in [4.69, 9.17) is 9.84 Å². The molecule has 0 saturated heterocycles. The summed E-state index contributed by atoms with van der Waals surface area (Å²) in [6.07, 6.45) is 4.33. The molecule has 1 aliphatic rings. The first-order valence-corrected chi connectivity index (χ1v) is 10.4. The molecule has 1 heterocycles. The van der Waals surface area contributed by atoms with Crippen LogP contribution in [0.25, 0.3) is 0 Å². The van der Waals surface area contributed by atoms with Crippen LogP contribution in [0.4, 0.5) is 5.69 Å². The maximum absolute atomic E-state index is 12.5. The molecule has 0 saturated carbocycles. The fourth-order valence-electron chi connectivity index (χ4n) is 3.33. The van der Waals surface area contributed by atoms with Crippen LogP contribution >= 0.6 is 11.8 Å². The first-order valence-electron chi connectivity index (χ1n) is 9.42. The summed E-state index contributed by atoms with van der Waals surface area (Å²) in [6.45, 7) is 0.525. The molecule has 0 aliphatic heterocycles. The smallest absolute Gasteiger partial charge is 0.348 e. The zero-order valence-corrected chi connectivity index (χ0v) is 16.8. The second-order valence-electron chi connectivity index (χ2n) is 6.63. The van der Waals surface area contributed by atoms with Crippen molar-refractivity contribution < 1.29 is 14.6 Å². The van der Waals surface area contributed by atoms with Crippen molar-refractivity contribution in [1.29, 1.82) is 0 Å². The average molecular weight is 404 g/mol. The summed E-state index contributed by atoms with van der Waals surface area (Å²) in [5, 5.41) is 12.6. The number of hydrogen-bond acceptors (Lipinski definition) is 6. The molecule has 3 rings (SSSR count). The number of aromatic nitrogens is 2. The molecular weight excluding hydrogens is 378 g/mol. The van der Waals surface area contributed by atoms with Gasteiger partial charge < -0.3 is 15.2 Å². The van der Waals surface area contributed by atoms with E-state index in [0.29, 0.717) is 23.7 Å². The van der Waals surface area contributed by atoms with Gasteiger partial charge >= 0.3 is 5.69 Å². The maximum Gasteiger partial charge on any atom is 0.348 e. The van der Waals surface area contributed by atoms with Crippen LogP contribution in [-0.4, -0.2) is 40.0 Å². The van der Waals surface area contributed by atoms with E-state index in [-0.39, 0.29) is 24.0 Å². The molecule has 0 atom stereocenters. The first-order chi connectivity index (χ1) is 13.6. The summed E-state index contributed by atoms with van der Waals surface area (Å²) in [4.78, 5) is 29.0. The number of nitrogens with one attached hydrogen (secondary N) is 1. The Morgan fingerprint density at radius 1 is 1.29 bits per heavy atom. The summed E-state index contributed by atoms with van der Waals surface area (Å²) in [7, 11) is 1.59. The average Bonchev–Trinajstić information content (AvgIpc) is 2.72. The molecule has 1 aromatic heterocycles. The number of fused-ring (bicyclic) bond motifs is 1. The number of nitrogens with zero attached hydrogens (tertiary/aromatic N) is 2. The van der Waals surface area contributed by atoms with E-state index in [0.717, 1.165) is 42.7 Å². The molecule has 0 radical (unpaired) electrons. The second kappa shape index (κ2) is 9.75. The van der Waals surface area contributed by atoms with Gasteiger partial charge in [-0.15, -0.1) is 0 Å². The van der Waals surface area contributed by atoms with E-state index in [2.05, 4.69) is 10.3 Å². The van der Waals surface area contributed by atoms with Crippen molar-refractivity contribution in [2.75, 3.05) is 24.8 Å². The fraction of sp³-hybridized carbons (Fsp3) is 0.450. The number of aliphatic hydroxyl groups is 1. The Kier molecular flexibility index (Phi) is 7.11. The highest BCUT2D eigenvalue weighted by Gasteiger charge is 2.21. The van der Waals surface area contributed by atoms with Crippen LogP contribution in [0.5, 0.6) is 5.75 Å². The van der Waals surface area contributed by atoms with Gasteiger partial charge in [0.1, 0.15) is 10.8 Å². The molecule has 1 amide bonds. The van der Waals surface area contributed by atoms with Gasteiger partial charge in [0.2, 0.25) is 5.91 Å². The number of hydrogen-bond donors (Lipinski definition) is 2. The summed E-state index contributed by atoms with van der Waals surface area (Å²) in [6, 6.07) is 7.13. The third-order valence-corrected chi connectivity index (χ3v) is 5.72. The van der Waals surface area contributed by atoms with Gasteiger partial charge in [0.25, 0.3) is 0 Å². The van der Waals surface area contributed by atoms with Crippen LogP contribution in [0.15, 0.2) is 34.1 Å². The Hall–Kier alpha value is -2.32. The minimum absolute atomic E-state index is 0.0449. The fourth-order valence-corrected chi connectivity index (χ4v) is 4.21. The van der Waals surface area contributed by atoms with Gasteiger partial charge in [-0.3, -0.25) is 9.36 Å². The number of ether oxygens (including phenoxy) is 1. The molecule has 2 aromatic rings. The predicted molar refractivity (Wildman–Crippen MR) is 109 cm³/mol. The van der Waals surface area contributed by atoms with Crippen LogP contribution in [0.1, 0.15) is 30.5 Å². The van der Waals surface area contributed by atoms with Gasteiger partial charge in [-0.25, -0.2) is 4.79 Å². The molecule has 150 valence electrons. The zero-order valence-electron chi connectivity index (χ0n) is 15.9. The molecule has 1 aromatic carbocycles. The van der Waals surface area contributed by atoms with Crippen LogP contribution < -0.4 is 15.7 Å². The van der Waals surface area contributed by atoms with Crippen molar-refractivity contribution in [2.24, 2.45) is 0 Å². The summed E-state index contributed by atoms with van der Waals surface area (Å²) < 4.78 is 6.79. The number of anilines is 1. The molecule has 8 heteroatoms. The minimum Gasteiger partial charge on any atom is -0.497 e. The lowest BCUT2D eigenvalue weighted by molar-refractivity contribution is -0.113. The Morgan fingerprint density at radius 3 is 2.75 bits per heavy atom. The second-order valence-corrected chi connectivity index (χ2v) is 7.59. The van der Waals surface area contributed by atoms with Gasteiger partial charge in [-0.05, 0) is 56.4 Å². The number of benzene rings is 1. The van der Waals surface area contributed by atoms with Gasteiger partial charge in [0.15, 0.2) is 0 Å². The van der Waals surface area contributed by atoms with Crippen LogP contribution in [-0.2, 0) is 24.2 Å². The van der Waals surface area contributed by atoms with Crippen molar-refractivity contribution in [3.63, 3.8) is 0 Å². The summed E-state index contributed by atoms with van der Waals surface area (Å²) in [5.41, 5.74) is 2.48. The monoisotopic (exact) mass is 403 g/mol. The van der Waals surface area contributed by atoms with Crippen molar-refractivity contribution >= 4 is 23.4 Å². The number of thioether (sulfide) groups is 1. The molecule has 0 unspecified atom stereocenters. The number of carbonyl (C=O) groups is 1. The molecule has 2 N–H and O–H groups in total. The van der Waals surface area contributed by atoms with Crippen molar-refractivity contribution in [2.45, 2.75) is 43.7 Å². The first kappa shape index (κ1) is 20.4. The lowest BCUT2D eigenvalue weighted by Crippen LogP contribution is -2.30. The topological polar surface area (TPSA) is 93.5 Å². The number of rotatable bonds is 8. The standard InChI is InChI=1S/C20H25N3O4S/c1-27-15-9-7-14(8-10-15)21-18(25)13-28-19-16-5-2-3-6-17(16)23(11-4-12-24)20(26)22-19/h7-10,24H,2-6,11-13H2,1H3,(H,21,25). The molecular formula is C20H25N3O4S. The predicted octanol–water partition coefficient (Wildman–Crippen LogP) is 2.24. The minimum atomic E-state index is -0.299. The van der Waals surface area contributed by atoms with E-state index < -0.39 is 0 Å². The molecule has 1 aliphatic carbocycles. The van der Waals surface area contributed by atoms with Crippen molar-refractivity contribution in [3.05, 3.63) is 46.0 Å². The third-order valence-electron chi connectivity index (χ3n) is 4.70. The van der Waals surface area contributed by atoms with Crippen LogP contribution in [0.2, 0.25) is 0 Å². The third kappa shape index (κ3) is 4.94. The Balaban J connectivity index is 1.70. The Labute approximate surface area is 168 Å². The number of carbonyl (C=O) groups excluding carboxylic acids is 1. The number of amides is 1. The lowest BCUT2D eigenvalue weighted by Gasteiger charge is -2.22. The van der Waals surface area contributed by atoms with Crippen LogP contribution in [0.3, 0.4) is 0 Å². The van der Waals surface area contributed by atoms with E-state index in [9.17, 15) is 9.59 Å². The summed E-state index contributed by atoms with van der Waals surface area (Å²) >= 11 is 1.31. The highest BCUT2D eigenvalue weighted by atomic mass is 32.2. The Bertz CT molecular complexity index is 880. The van der Waals surface area contributed by atoms with E-state index in [1.807, 2.05) is 0 Å². The molecule has 0 bridgehead atoms. The molecule has 28 heavy (non-hydrogen) atoms. The van der Waals surface area contributed by atoms with E-state index >= 15 is 0 Å². The quantitative estimate of drug-likeness (QED) is 0.519. The van der Waals surface area contributed by atoms with E-state index in [1.54, 1.807) is 35.9 Å². The normalized spacial score (nSPS) is 13.1. The molecule has 0 fully saturated rings. The lowest BCUT2D eigenvalue weighted by atomic mass is 9.97.